The molecular weight excluding hydrogens is 336 g/mol. The minimum atomic E-state index is -3.45. The monoisotopic (exact) mass is 358 g/mol. The summed E-state index contributed by atoms with van der Waals surface area (Å²) in [5.41, 5.74) is 4.00. The number of sulfonamides is 1. The topological polar surface area (TPSA) is 66.5 Å². The standard InChI is InChI=1S/C19H22N2O3S/c1-21(25(2,23)24)18-13-6-5-11-16(18)19(22)20-17-12-7-9-14-8-3-4-10-15(14)17/h5-7,9,11-13H,3-4,8,10H2,1-2H3,(H,20,22). The number of nitrogens with one attached hydrogen (secondary N) is 1. The first kappa shape index (κ1) is 17.5. The van der Waals surface area contributed by atoms with Crippen molar-refractivity contribution in [1.29, 1.82) is 0 Å². The highest BCUT2D eigenvalue weighted by Crippen LogP contribution is 2.29. The second-order valence-electron chi connectivity index (χ2n) is 6.35. The van der Waals surface area contributed by atoms with Gasteiger partial charge < -0.3 is 5.32 Å². The fourth-order valence-corrected chi connectivity index (χ4v) is 3.72. The van der Waals surface area contributed by atoms with E-state index in [0.29, 0.717) is 11.3 Å². The predicted molar refractivity (Wildman–Crippen MR) is 101 cm³/mol. The quantitative estimate of drug-likeness (QED) is 0.913. The van der Waals surface area contributed by atoms with Crippen molar-refractivity contribution >= 4 is 27.3 Å². The van der Waals surface area contributed by atoms with E-state index in [1.54, 1.807) is 24.3 Å². The van der Waals surface area contributed by atoms with Crippen LogP contribution in [0.1, 0.15) is 34.3 Å². The molecule has 0 radical (unpaired) electrons. The third kappa shape index (κ3) is 3.69. The summed E-state index contributed by atoms with van der Waals surface area (Å²) in [6, 6.07) is 12.7. The van der Waals surface area contributed by atoms with Crippen LogP contribution in [0.5, 0.6) is 0 Å². The molecule has 0 atom stereocenters. The minimum absolute atomic E-state index is 0.301. The summed E-state index contributed by atoms with van der Waals surface area (Å²) in [5.74, 6) is -0.301. The Kier molecular flexibility index (Phi) is 4.81. The van der Waals surface area contributed by atoms with Crippen LogP contribution in [0.3, 0.4) is 0 Å². The molecule has 0 aliphatic heterocycles. The molecule has 0 saturated carbocycles. The number of benzene rings is 2. The zero-order chi connectivity index (χ0) is 18.0. The predicted octanol–water partition coefficient (Wildman–Crippen LogP) is 3.21. The Morgan fingerprint density at radius 3 is 2.52 bits per heavy atom. The molecule has 1 aliphatic carbocycles. The first-order valence-corrected chi connectivity index (χ1v) is 10.2. The number of hydrogen-bond donors (Lipinski definition) is 1. The number of aryl methyl sites for hydroxylation is 1. The lowest BCUT2D eigenvalue weighted by Crippen LogP contribution is -2.27. The highest BCUT2D eigenvalue weighted by molar-refractivity contribution is 7.92. The summed E-state index contributed by atoms with van der Waals surface area (Å²) in [6.45, 7) is 0. The van der Waals surface area contributed by atoms with E-state index in [9.17, 15) is 13.2 Å². The van der Waals surface area contributed by atoms with Gasteiger partial charge in [-0.15, -0.1) is 0 Å². The molecule has 0 unspecified atom stereocenters. The Labute approximate surface area is 148 Å². The summed E-state index contributed by atoms with van der Waals surface area (Å²) >= 11 is 0. The van der Waals surface area contributed by atoms with E-state index in [2.05, 4.69) is 11.4 Å². The molecule has 1 aliphatic rings. The molecule has 25 heavy (non-hydrogen) atoms. The number of fused-ring (bicyclic) bond motifs is 1. The number of rotatable bonds is 4. The van der Waals surface area contributed by atoms with Gasteiger partial charge in [0.1, 0.15) is 0 Å². The van der Waals surface area contributed by atoms with Crippen LogP contribution in [-0.2, 0) is 22.9 Å². The molecule has 0 heterocycles. The number of carbonyl (C=O) groups excluding carboxylic acids is 1. The summed E-state index contributed by atoms with van der Waals surface area (Å²) in [5, 5.41) is 2.97. The summed E-state index contributed by atoms with van der Waals surface area (Å²) in [7, 11) is -2.00. The average molecular weight is 358 g/mol. The van der Waals surface area contributed by atoms with Crippen LogP contribution in [0.2, 0.25) is 0 Å². The first-order valence-electron chi connectivity index (χ1n) is 8.33. The molecule has 2 aromatic rings. The van der Waals surface area contributed by atoms with Gasteiger partial charge in [0.15, 0.2) is 0 Å². The Bertz CT molecular complexity index is 907. The van der Waals surface area contributed by atoms with E-state index in [1.807, 2.05) is 12.1 Å². The van der Waals surface area contributed by atoms with Gasteiger partial charge >= 0.3 is 0 Å². The van der Waals surface area contributed by atoms with Gasteiger partial charge in [-0.3, -0.25) is 9.10 Å². The first-order chi connectivity index (χ1) is 11.9. The zero-order valence-corrected chi connectivity index (χ0v) is 15.3. The van der Waals surface area contributed by atoms with Crippen LogP contribution < -0.4 is 9.62 Å². The minimum Gasteiger partial charge on any atom is -0.322 e. The van der Waals surface area contributed by atoms with Crippen LogP contribution in [0.15, 0.2) is 42.5 Å². The van der Waals surface area contributed by atoms with Crippen molar-refractivity contribution < 1.29 is 13.2 Å². The summed E-state index contributed by atoms with van der Waals surface area (Å²) in [6.07, 6.45) is 5.40. The number of carbonyl (C=O) groups is 1. The van der Waals surface area contributed by atoms with Crippen LogP contribution in [0.25, 0.3) is 0 Å². The van der Waals surface area contributed by atoms with Crippen molar-refractivity contribution in [2.75, 3.05) is 22.9 Å². The molecule has 0 saturated heterocycles. The van der Waals surface area contributed by atoms with Crippen molar-refractivity contribution in [1.82, 2.24) is 0 Å². The number of hydrogen-bond acceptors (Lipinski definition) is 3. The highest BCUT2D eigenvalue weighted by Gasteiger charge is 2.21. The van der Waals surface area contributed by atoms with Crippen molar-refractivity contribution in [3.05, 3.63) is 59.2 Å². The van der Waals surface area contributed by atoms with Gasteiger partial charge in [0, 0.05) is 12.7 Å². The third-order valence-corrected chi connectivity index (χ3v) is 5.82. The van der Waals surface area contributed by atoms with Crippen LogP contribution in [-0.4, -0.2) is 27.6 Å². The Balaban J connectivity index is 1.93. The molecule has 2 aromatic carbocycles. The summed E-state index contributed by atoms with van der Waals surface area (Å²) < 4.78 is 24.8. The van der Waals surface area contributed by atoms with Crippen LogP contribution in [0.4, 0.5) is 11.4 Å². The average Bonchev–Trinajstić information content (AvgIpc) is 2.60. The molecule has 3 rings (SSSR count). The smallest absolute Gasteiger partial charge is 0.257 e. The second-order valence-corrected chi connectivity index (χ2v) is 8.37. The molecule has 132 valence electrons. The Morgan fingerprint density at radius 2 is 1.76 bits per heavy atom. The van der Waals surface area contributed by atoms with E-state index in [0.717, 1.165) is 35.5 Å². The van der Waals surface area contributed by atoms with Gasteiger partial charge in [-0.2, -0.15) is 0 Å². The molecule has 1 N–H and O–H groups in total. The highest BCUT2D eigenvalue weighted by atomic mass is 32.2. The van der Waals surface area contributed by atoms with E-state index in [-0.39, 0.29) is 5.91 Å². The van der Waals surface area contributed by atoms with Gasteiger partial charge in [-0.1, -0.05) is 24.3 Å². The van der Waals surface area contributed by atoms with Crippen LogP contribution >= 0.6 is 0 Å². The van der Waals surface area contributed by atoms with Gasteiger partial charge in [-0.05, 0) is 55.0 Å². The van der Waals surface area contributed by atoms with Crippen molar-refractivity contribution in [2.45, 2.75) is 25.7 Å². The number of amides is 1. The molecule has 5 nitrogen and oxygen atoms in total. The van der Waals surface area contributed by atoms with Gasteiger partial charge in [0.05, 0.1) is 17.5 Å². The summed E-state index contributed by atoms with van der Waals surface area (Å²) in [4.78, 5) is 12.8. The molecule has 0 spiro atoms. The molecule has 0 bridgehead atoms. The van der Waals surface area contributed by atoms with E-state index >= 15 is 0 Å². The van der Waals surface area contributed by atoms with Crippen molar-refractivity contribution in [3.8, 4) is 0 Å². The van der Waals surface area contributed by atoms with E-state index < -0.39 is 10.0 Å². The lowest BCUT2D eigenvalue weighted by atomic mass is 9.90. The van der Waals surface area contributed by atoms with E-state index in [4.69, 9.17) is 0 Å². The maximum absolute atomic E-state index is 12.8. The molecular formula is C19H22N2O3S. The SMILES string of the molecule is CN(c1ccccc1C(=O)Nc1cccc2c1CCCC2)S(C)(=O)=O. The maximum atomic E-state index is 12.8. The van der Waals surface area contributed by atoms with Crippen LogP contribution in [0, 0.1) is 0 Å². The molecule has 0 fully saturated rings. The largest absolute Gasteiger partial charge is 0.322 e. The molecule has 1 amide bonds. The molecule has 6 heteroatoms. The van der Waals surface area contributed by atoms with Gasteiger partial charge in [-0.25, -0.2) is 8.42 Å². The van der Waals surface area contributed by atoms with Gasteiger partial charge in [0.25, 0.3) is 5.91 Å². The normalized spacial score (nSPS) is 13.8. The fraction of sp³-hybridized carbons (Fsp3) is 0.316. The fourth-order valence-electron chi connectivity index (χ4n) is 3.21. The van der Waals surface area contributed by atoms with E-state index in [1.165, 1.54) is 24.6 Å². The third-order valence-electron chi connectivity index (χ3n) is 4.63. The Morgan fingerprint density at radius 1 is 1.04 bits per heavy atom. The lowest BCUT2D eigenvalue weighted by Gasteiger charge is -2.22. The lowest BCUT2D eigenvalue weighted by molar-refractivity contribution is 0.102. The second kappa shape index (κ2) is 6.88. The maximum Gasteiger partial charge on any atom is 0.257 e. The Hall–Kier alpha value is -2.34. The van der Waals surface area contributed by atoms with Crippen molar-refractivity contribution in [3.63, 3.8) is 0 Å². The number of anilines is 2. The molecule has 0 aromatic heterocycles. The number of para-hydroxylation sites is 1. The van der Waals surface area contributed by atoms with Crippen molar-refractivity contribution in [2.24, 2.45) is 0 Å². The van der Waals surface area contributed by atoms with Gasteiger partial charge in [0.2, 0.25) is 10.0 Å². The zero-order valence-electron chi connectivity index (χ0n) is 14.5. The number of nitrogens with zero attached hydrogens (tertiary/aromatic N) is 1.